The van der Waals surface area contributed by atoms with E-state index >= 15 is 0 Å². The first-order valence-electron chi connectivity index (χ1n) is 9.98. The quantitative estimate of drug-likeness (QED) is 0.644. The second-order valence-corrected chi connectivity index (χ2v) is 8.06. The van der Waals surface area contributed by atoms with Gasteiger partial charge in [-0.25, -0.2) is 18.0 Å². The summed E-state index contributed by atoms with van der Waals surface area (Å²) in [5, 5.41) is 2.45. The molecule has 0 spiro atoms. The van der Waals surface area contributed by atoms with Gasteiger partial charge in [0.1, 0.15) is 35.7 Å². The lowest BCUT2D eigenvalue weighted by molar-refractivity contribution is -0.120. The van der Waals surface area contributed by atoms with Crippen LogP contribution in [-0.2, 0) is 16.0 Å². The van der Waals surface area contributed by atoms with Crippen molar-refractivity contribution in [2.75, 3.05) is 25.2 Å². The Morgan fingerprint density at radius 2 is 1.66 bits per heavy atom. The van der Waals surface area contributed by atoms with Crippen LogP contribution in [0.15, 0.2) is 42.5 Å². The van der Waals surface area contributed by atoms with E-state index in [0.717, 1.165) is 17.0 Å². The van der Waals surface area contributed by atoms with E-state index in [0.29, 0.717) is 17.5 Å². The zero-order chi connectivity index (χ0) is 23.9. The Morgan fingerprint density at radius 3 is 2.16 bits per heavy atom. The summed E-state index contributed by atoms with van der Waals surface area (Å²) in [5.74, 6) is -1.76. The lowest BCUT2D eigenvalue weighted by atomic mass is 10.0. The van der Waals surface area contributed by atoms with Gasteiger partial charge in [-0.1, -0.05) is 0 Å². The molecule has 6 nitrogen and oxygen atoms in total. The standard InChI is InChI=1S/C23H27F3N2O4/c1-23(2,3)32-22(30)27-20(13-15-11-16(25)14-17(26)12-15)21(29)28(10-9-24)18-5-7-19(31-4)8-6-18/h5-8,11-12,14,20H,9-10,13H2,1-4H3,(H,27,30)/t20-/m0/s1. The zero-order valence-electron chi connectivity index (χ0n) is 18.5. The third kappa shape index (κ3) is 7.47. The van der Waals surface area contributed by atoms with Crippen LogP contribution < -0.4 is 15.0 Å². The van der Waals surface area contributed by atoms with Gasteiger partial charge in [0.25, 0.3) is 0 Å². The molecule has 2 rings (SSSR count). The lowest BCUT2D eigenvalue weighted by Crippen LogP contribution is -2.51. The molecule has 0 bridgehead atoms. The van der Waals surface area contributed by atoms with Gasteiger partial charge in [0, 0.05) is 18.2 Å². The number of alkyl carbamates (subject to hydrolysis) is 1. The molecule has 0 aliphatic heterocycles. The fraction of sp³-hybridized carbons (Fsp3) is 0.391. The normalized spacial score (nSPS) is 12.1. The summed E-state index contributed by atoms with van der Waals surface area (Å²) in [4.78, 5) is 26.8. The van der Waals surface area contributed by atoms with Crippen LogP contribution >= 0.6 is 0 Å². The number of rotatable bonds is 8. The highest BCUT2D eigenvalue weighted by Crippen LogP contribution is 2.21. The summed E-state index contributed by atoms with van der Waals surface area (Å²) in [6.07, 6.45) is -1.12. The molecule has 0 aliphatic rings. The van der Waals surface area contributed by atoms with Crippen molar-refractivity contribution in [3.05, 3.63) is 59.7 Å². The Kier molecular flexibility index (Phi) is 8.51. The first-order valence-corrected chi connectivity index (χ1v) is 9.98. The van der Waals surface area contributed by atoms with E-state index in [9.17, 15) is 22.8 Å². The number of benzene rings is 2. The first kappa shape index (κ1) is 25.0. The molecule has 1 atom stereocenters. The van der Waals surface area contributed by atoms with Crippen LogP contribution in [-0.4, -0.2) is 44.0 Å². The smallest absolute Gasteiger partial charge is 0.408 e. The molecular weight excluding hydrogens is 425 g/mol. The molecular formula is C23H27F3N2O4. The summed E-state index contributed by atoms with van der Waals surface area (Å²) < 4.78 is 50.9. The second kappa shape index (κ2) is 10.9. The molecule has 174 valence electrons. The Hall–Kier alpha value is -3.23. The van der Waals surface area contributed by atoms with E-state index in [-0.39, 0.29) is 18.5 Å². The van der Waals surface area contributed by atoms with Gasteiger partial charge < -0.3 is 19.7 Å². The molecule has 0 radical (unpaired) electrons. The van der Waals surface area contributed by atoms with Crippen LogP contribution in [0.2, 0.25) is 0 Å². The van der Waals surface area contributed by atoms with Crippen molar-refractivity contribution in [2.24, 2.45) is 0 Å². The van der Waals surface area contributed by atoms with Gasteiger partial charge in [-0.15, -0.1) is 0 Å². The van der Waals surface area contributed by atoms with Gasteiger partial charge in [0.2, 0.25) is 5.91 Å². The summed E-state index contributed by atoms with van der Waals surface area (Å²) in [7, 11) is 1.48. The molecule has 0 aliphatic carbocycles. The van der Waals surface area contributed by atoms with E-state index < -0.39 is 42.0 Å². The predicted molar refractivity (Wildman–Crippen MR) is 115 cm³/mol. The average molecular weight is 452 g/mol. The number of nitrogens with one attached hydrogen (secondary N) is 1. The molecule has 2 amide bonds. The molecule has 9 heteroatoms. The van der Waals surface area contributed by atoms with Crippen LogP contribution in [0.3, 0.4) is 0 Å². The van der Waals surface area contributed by atoms with Gasteiger partial charge in [0.05, 0.1) is 13.7 Å². The van der Waals surface area contributed by atoms with E-state index in [2.05, 4.69) is 5.32 Å². The van der Waals surface area contributed by atoms with Gasteiger partial charge in [-0.2, -0.15) is 0 Å². The maximum atomic E-state index is 13.7. The van der Waals surface area contributed by atoms with Gasteiger partial charge >= 0.3 is 6.09 Å². The molecule has 2 aromatic carbocycles. The molecule has 1 N–H and O–H groups in total. The number of hydrogen-bond donors (Lipinski definition) is 1. The highest BCUT2D eigenvalue weighted by atomic mass is 19.1. The number of carbonyl (C=O) groups excluding carboxylic acids is 2. The number of nitrogens with zero attached hydrogens (tertiary/aromatic N) is 1. The van der Waals surface area contributed by atoms with Crippen molar-refractivity contribution in [3.63, 3.8) is 0 Å². The highest BCUT2D eigenvalue weighted by Gasteiger charge is 2.29. The molecule has 0 unspecified atom stereocenters. The third-order valence-electron chi connectivity index (χ3n) is 4.31. The van der Waals surface area contributed by atoms with Crippen LogP contribution in [0.4, 0.5) is 23.7 Å². The van der Waals surface area contributed by atoms with Crippen molar-refractivity contribution in [1.82, 2.24) is 5.32 Å². The van der Waals surface area contributed by atoms with Crippen molar-refractivity contribution in [2.45, 2.75) is 38.8 Å². The summed E-state index contributed by atoms with van der Waals surface area (Å²) >= 11 is 0. The lowest BCUT2D eigenvalue weighted by Gasteiger charge is -2.28. The minimum Gasteiger partial charge on any atom is -0.497 e. The highest BCUT2D eigenvalue weighted by molar-refractivity contribution is 5.99. The maximum absolute atomic E-state index is 13.7. The molecule has 0 saturated carbocycles. The number of carbonyl (C=O) groups is 2. The molecule has 0 aromatic heterocycles. The van der Waals surface area contributed by atoms with Gasteiger partial charge in [-0.05, 0) is 62.7 Å². The Labute approximate surface area is 185 Å². The Morgan fingerprint density at radius 1 is 1.06 bits per heavy atom. The summed E-state index contributed by atoms with van der Waals surface area (Å²) in [6.45, 7) is 3.83. The number of halogens is 3. The average Bonchev–Trinajstić information content (AvgIpc) is 2.69. The minimum atomic E-state index is -1.26. The largest absolute Gasteiger partial charge is 0.497 e. The number of hydrogen-bond acceptors (Lipinski definition) is 4. The van der Waals surface area contributed by atoms with Crippen LogP contribution in [0.25, 0.3) is 0 Å². The Bertz CT molecular complexity index is 910. The van der Waals surface area contributed by atoms with E-state index in [1.165, 1.54) is 7.11 Å². The van der Waals surface area contributed by atoms with Crippen LogP contribution in [0, 0.1) is 11.6 Å². The van der Waals surface area contributed by atoms with Crippen LogP contribution in [0.5, 0.6) is 5.75 Å². The molecule has 0 fully saturated rings. The van der Waals surface area contributed by atoms with E-state index in [1.807, 2.05) is 0 Å². The first-order chi connectivity index (χ1) is 15.0. The monoisotopic (exact) mass is 452 g/mol. The fourth-order valence-corrected chi connectivity index (χ4v) is 3.02. The summed E-state index contributed by atoms with van der Waals surface area (Å²) in [5.41, 5.74) is -0.321. The van der Waals surface area contributed by atoms with E-state index in [4.69, 9.17) is 9.47 Å². The van der Waals surface area contributed by atoms with Crippen molar-refractivity contribution >= 4 is 17.7 Å². The zero-order valence-corrected chi connectivity index (χ0v) is 18.5. The second-order valence-electron chi connectivity index (χ2n) is 8.06. The third-order valence-corrected chi connectivity index (χ3v) is 4.31. The van der Waals surface area contributed by atoms with Crippen molar-refractivity contribution in [1.29, 1.82) is 0 Å². The van der Waals surface area contributed by atoms with E-state index in [1.54, 1.807) is 45.0 Å². The SMILES string of the molecule is COc1ccc(N(CCF)C(=O)[C@H](Cc2cc(F)cc(F)c2)NC(=O)OC(C)(C)C)cc1. The van der Waals surface area contributed by atoms with Gasteiger partial charge in [-0.3, -0.25) is 4.79 Å². The predicted octanol–water partition coefficient (Wildman–Crippen LogP) is 4.41. The minimum absolute atomic E-state index is 0.145. The number of anilines is 1. The molecule has 0 saturated heterocycles. The van der Waals surface area contributed by atoms with Gasteiger partial charge in [0.15, 0.2) is 0 Å². The topological polar surface area (TPSA) is 67.9 Å². The maximum Gasteiger partial charge on any atom is 0.408 e. The van der Waals surface area contributed by atoms with Crippen LogP contribution in [0.1, 0.15) is 26.3 Å². The number of ether oxygens (including phenoxy) is 2. The Balaban J connectivity index is 2.36. The number of alkyl halides is 1. The molecule has 0 heterocycles. The molecule has 2 aromatic rings. The van der Waals surface area contributed by atoms with Crippen molar-refractivity contribution < 1.29 is 32.2 Å². The summed E-state index contributed by atoms with van der Waals surface area (Å²) in [6, 6.07) is 7.91. The molecule has 32 heavy (non-hydrogen) atoms. The fourth-order valence-electron chi connectivity index (χ4n) is 3.02. The number of amides is 2. The number of methoxy groups -OCH3 is 1. The van der Waals surface area contributed by atoms with Crippen molar-refractivity contribution in [3.8, 4) is 5.75 Å².